The summed E-state index contributed by atoms with van der Waals surface area (Å²) in [5.41, 5.74) is 0. The maximum absolute atomic E-state index is 5.19. The lowest BCUT2D eigenvalue weighted by atomic mass is 10.3. The molecule has 90 valence electrons. The largest absolute Gasteiger partial charge is 0.361 e. The maximum atomic E-state index is 5.19. The lowest BCUT2D eigenvalue weighted by molar-refractivity contribution is 0.281. The molecule has 3 nitrogen and oxygen atoms in total. The third-order valence-corrected chi connectivity index (χ3v) is 2.46. The number of thiocarbonyl (C=S) groups is 1. The highest BCUT2D eigenvalue weighted by Crippen LogP contribution is 1.91. The number of nitrogens with one attached hydrogen (secondary N) is 2. The molecule has 0 aromatic rings. The Hall–Kier alpha value is -0.350. The van der Waals surface area contributed by atoms with E-state index in [4.69, 9.17) is 12.2 Å². The number of nitrogens with zero attached hydrogens (tertiary/aromatic N) is 1. The normalized spacial score (nSPS) is 13.0. The molecule has 0 rings (SSSR count). The van der Waals surface area contributed by atoms with Crippen molar-refractivity contribution in [2.24, 2.45) is 0 Å². The van der Waals surface area contributed by atoms with Crippen LogP contribution in [0.1, 0.15) is 34.6 Å². The predicted molar refractivity (Wildman–Crippen MR) is 71.3 cm³/mol. The van der Waals surface area contributed by atoms with E-state index in [1.165, 1.54) is 0 Å². The summed E-state index contributed by atoms with van der Waals surface area (Å²) in [4.78, 5) is 2.38. The van der Waals surface area contributed by atoms with E-state index in [0.29, 0.717) is 12.1 Å². The summed E-state index contributed by atoms with van der Waals surface area (Å²) in [6.45, 7) is 13.9. The molecule has 15 heavy (non-hydrogen) atoms. The van der Waals surface area contributed by atoms with Crippen LogP contribution >= 0.6 is 12.2 Å². The van der Waals surface area contributed by atoms with E-state index >= 15 is 0 Å². The van der Waals surface area contributed by atoms with Crippen LogP contribution in [0.5, 0.6) is 0 Å². The monoisotopic (exact) mass is 231 g/mol. The number of hydrogen-bond acceptors (Lipinski definition) is 2. The summed E-state index contributed by atoms with van der Waals surface area (Å²) in [5.74, 6) is 0. The van der Waals surface area contributed by atoms with Crippen molar-refractivity contribution in [1.82, 2.24) is 15.5 Å². The first-order valence-corrected chi connectivity index (χ1v) is 6.19. The molecule has 0 aliphatic heterocycles. The average Bonchev–Trinajstić information content (AvgIpc) is 2.12. The Bertz CT molecular complexity index is 179. The highest BCUT2D eigenvalue weighted by atomic mass is 32.1. The molecule has 0 spiro atoms. The van der Waals surface area contributed by atoms with Crippen molar-refractivity contribution in [3.05, 3.63) is 0 Å². The van der Waals surface area contributed by atoms with Gasteiger partial charge in [-0.1, -0.05) is 13.8 Å². The Morgan fingerprint density at radius 3 is 2.07 bits per heavy atom. The van der Waals surface area contributed by atoms with Crippen LogP contribution < -0.4 is 10.6 Å². The summed E-state index contributed by atoms with van der Waals surface area (Å²) in [5, 5.41) is 7.23. The van der Waals surface area contributed by atoms with Crippen molar-refractivity contribution >= 4 is 17.3 Å². The quantitative estimate of drug-likeness (QED) is 0.679. The third kappa shape index (κ3) is 7.56. The molecule has 0 bridgehead atoms. The summed E-state index contributed by atoms with van der Waals surface area (Å²) in [6.07, 6.45) is 0. The molecule has 0 heterocycles. The Morgan fingerprint density at radius 2 is 1.67 bits per heavy atom. The Labute approximate surface area is 99.6 Å². The molecular formula is C11H25N3S. The van der Waals surface area contributed by atoms with Gasteiger partial charge in [0.25, 0.3) is 0 Å². The molecule has 1 atom stereocenters. The average molecular weight is 231 g/mol. The fourth-order valence-electron chi connectivity index (χ4n) is 1.44. The summed E-state index contributed by atoms with van der Waals surface area (Å²) >= 11 is 5.19. The molecular weight excluding hydrogens is 206 g/mol. The number of likely N-dealkylation sites (N-methyl/N-ethyl adjacent to an activating group) is 1. The van der Waals surface area contributed by atoms with Crippen LogP contribution in [-0.2, 0) is 0 Å². The van der Waals surface area contributed by atoms with Gasteiger partial charge < -0.3 is 15.5 Å². The Morgan fingerprint density at radius 1 is 1.13 bits per heavy atom. The van der Waals surface area contributed by atoms with E-state index in [9.17, 15) is 0 Å². The molecule has 0 aliphatic carbocycles. The van der Waals surface area contributed by atoms with Crippen LogP contribution in [0.25, 0.3) is 0 Å². The Balaban J connectivity index is 3.81. The second-order valence-corrected chi connectivity index (χ2v) is 4.57. The molecule has 0 aromatic heterocycles. The van der Waals surface area contributed by atoms with Crippen LogP contribution in [0, 0.1) is 0 Å². The molecule has 0 fully saturated rings. The zero-order valence-corrected chi connectivity index (χ0v) is 11.4. The van der Waals surface area contributed by atoms with Gasteiger partial charge >= 0.3 is 0 Å². The lowest BCUT2D eigenvalue weighted by Gasteiger charge is -2.25. The standard InChI is InChI=1S/C11H25N3S/c1-6-14(7-2)8-10(5)13-11(15)12-9(3)4/h9-10H,6-8H2,1-5H3,(H2,12,13,15). The fourth-order valence-corrected chi connectivity index (χ4v) is 1.88. The van der Waals surface area contributed by atoms with E-state index in [1.54, 1.807) is 0 Å². The molecule has 0 saturated carbocycles. The topological polar surface area (TPSA) is 27.3 Å². The van der Waals surface area contributed by atoms with Crippen molar-refractivity contribution in [3.8, 4) is 0 Å². The molecule has 1 unspecified atom stereocenters. The Kier molecular flexibility index (Phi) is 7.70. The van der Waals surface area contributed by atoms with E-state index in [2.05, 4.69) is 50.2 Å². The molecule has 0 amide bonds. The number of rotatable bonds is 6. The second-order valence-electron chi connectivity index (χ2n) is 4.16. The van der Waals surface area contributed by atoms with Gasteiger partial charge in [-0.25, -0.2) is 0 Å². The molecule has 0 radical (unpaired) electrons. The fraction of sp³-hybridized carbons (Fsp3) is 0.909. The molecule has 0 aliphatic rings. The minimum atomic E-state index is 0.392. The second kappa shape index (κ2) is 7.88. The van der Waals surface area contributed by atoms with E-state index in [-0.39, 0.29) is 0 Å². The summed E-state index contributed by atoms with van der Waals surface area (Å²) in [7, 11) is 0. The van der Waals surface area contributed by atoms with Crippen LogP contribution in [0.15, 0.2) is 0 Å². The van der Waals surface area contributed by atoms with Crippen LogP contribution in [0.4, 0.5) is 0 Å². The van der Waals surface area contributed by atoms with Gasteiger partial charge in [0.1, 0.15) is 0 Å². The van der Waals surface area contributed by atoms with Gasteiger partial charge in [0.05, 0.1) is 0 Å². The minimum Gasteiger partial charge on any atom is -0.361 e. The highest BCUT2D eigenvalue weighted by molar-refractivity contribution is 7.80. The van der Waals surface area contributed by atoms with Crippen molar-refractivity contribution in [3.63, 3.8) is 0 Å². The zero-order chi connectivity index (χ0) is 11.8. The number of hydrogen-bond donors (Lipinski definition) is 2. The lowest BCUT2D eigenvalue weighted by Crippen LogP contribution is -2.47. The van der Waals surface area contributed by atoms with E-state index < -0.39 is 0 Å². The summed E-state index contributed by atoms with van der Waals surface area (Å²) < 4.78 is 0. The molecule has 0 saturated heterocycles. The van der Waals surface area contributed by atoms with Gasteiger partial charge in [-0.2, -0.15) is 0 Å². The predicted octanol–water partition coefficient (Wildman–Crippen LogP) is 1.59. The van der Waals surface area contributed by atoms with Crippen molar-refractivity contribution in [1.29, 1.82) is 0 Å². The summed E-state index contributed by atoms with van der Waals surface area (Å²) in [6, 6.07) is 0.786. The van der Waals surface area contributed by atoms with E-state index in [0.717, 1.165) is 24.7 Å². The van der Waals surface area contributed by atoms with Crippen molar-refractivity contribution in [2.75, 3.05) is 19.6 Å². The van der Waals surface area contributed by atoms with Gasteiger partial charge in [-0.15, -0.1) is 0 Å². The van der Waals surface area contributed by atoms with Gasteiger partial charge in [0.15, 0.2) is 5.11 Å². The maximum Gasteiger partial charge on any atom is 0.166 e. The highest BCUT2D eigenvalue weighted by Gasteiger charge is 2.08. The van der Waals surface area contributed by atoms with Gasteiger partial charge in [0, 0.05) is 18.6 Å². The first kappa shape index (κ1) is 14.6. The molecule has 2 N–H and O–H groups in total. The molecule has 4 heteroatoms. The van der Waals surface area contributed by atoms with Gasteiger partial charge in [-0.3, -0.25) is 0 Å². The first-order chi connectivity index (χ1) is 6.99. The van der Waals surface area contributed by atoms with Gasteiger partial charge in [0.2, 0.25) is 0 Å². The minimum absolute atomic E-state index is 0.392. The van der Waals surface area contributed by atoms with Gasteiger partial charge in [-0.05, 0) is 46.1 Å². The molecule has 0 aromatic carbocycles. The van der Waals surface area contributed by atoms with Crippen molar-refractivity contribution in [2.45, 2.75) is 46.7 Å². The van der Waals surface area contributed by atoms with Crippen molar-refractivity contribution < 1.29 is 0 Å². The SMILES string of the molecule is CCN(CC)CC(C)NC(=S)NC(C)C. The van der Waals surface area contributed by atoms with Crippen LogP contribution in [0.2, 0.25) is 0 Å². The van der Waals surface area contributed by atoms with Crippen LogP contribution in [-0.4, -0.2) is 41.7 Å². The smallest absolute Gasteiger partial charge is 0.166 e. The van der Waals surface area contributed by atoms with E-state index in [1.807, 2.05) is 0 Å². The first-order valence-electron chi connectivity index (χ1n) is 5.78. The van der Waals surface area contributed by atoms with Crippen LogP contribution in [0.3, 0.4) is 0 Å². The third-order valence-electron chi connectivity index (χ3n) is 2.22. The zero-order valence-electron chi connectivity index (χ0n) is 10.6.